The van der Waals surface area contributed by atoms with Gasteiger partial charge in [0.2, 0.25) is 10.0 Å². The van der Waals surface area contributed by atoms with E-state index in [4.69, 9.17) is 0 Å². The van der Waals surface area contributed by atoms with Crippen LogP contribution >= 0.6 is 0 Å². The maximum Gasteiger partial charge on any atom is 0.216 e. The van der Waals surface area contributed by atoms with Crippen LogP contribution in [0, 0.1) is 5.92 Å². The van der Waals surface area contributed by atoms with Gasteiger partial charge in [0.15, 0.2) is 0 Å². The summed E-state index contributed by atoms with van der Waals surface area (Å²) in [5.41, 5.74) is 0. The Kier molecular flexibility index (Phi) is 2.57. The van der Waals surface area contributed by atoms with Crippen molar-refractivity contribution in [2.45, 2.75) is 37.5 Å². The van der Waals surface area contributed by atoms with E-state index in [1.54, 1.807) is 4.31 Å². The monoisotopic (exact) mass is 219 g/mol. The van der Waals surface area contributed by atoms with Gasteiger partial charge >= 0.3 is 0 Å². The Morgan fingerprint density at radius 2 is 1.93 bits per heavy atom. The summed E-state index contributed by atoms with van der Waals surface area (Å²) in [5, 5.41) is 9.37. The predicted molar refractivity (Wildman–Crippen MR) is 53.3 cm³/mol. The van der Waals surface area contributed by atoms with E-state index in [1.807, 2.05) is 6.92 Å². The second kappa shape index (κ2) is 3.47. The number of hydrogen-bond donors (Lipinski definition) is 1. The van der Waals surface area contributed by atoms with E-state index in [2.05, 4.69) is 0 Å². The summed E-state index contributed by atoms with van der Waals surface area (Å²) in [5.74, 6) is 0.0669. The van der Waals surface area contributed by atoms with Crippen LogP contribution in [0.5, 0.6) is 0 Å². The van der Waals surface area contributed by atoms with Gasteiger partial charge in [0, 0.05) is 13.1 Å². The van der Waals surface area contributed by atoms with Gasteiger partial charge in [-0.15, -0.1) is 0 Å². The van der Waals surface area contributed by atoms with Gasteiger partial charge in [-0.2, -0.15) is 0 Å². The molecule has 14 heavy (non-hydrogen) atoms. The Hall–Kier alpha value is -0.130. The fourth-order valence-electron chi connectivity index (χ4n) is 1.90. The van der Waals surface area contributed by atoms with E-state index >= 15 is 0 Å². The molecule has 0 radical (unpaired) electrons. The lowest BCUT2D eigenvalue weighted by atomic mass is 9.99. The first-order chi connectivity index (χ1) is 6.51. The highest BCUT2D eigenvalue weighted by Gasteiger charge is 2.42. The van der Waals surface area contributed by atoms with Crippen molar-refractivity contribution in [3.05, 3.63) is 0 Å². The molecule has 0 bridgehead atoms. The van der Waals surface area contributed by atoms with Crippen molar-refractivity contribution in [3.63, 3.8) is 0 Å². The summed E-state index contributed by atoms with van der Waals surface area (Å²) in [4.78, 5) is 0. The third kappa shape index (κ3) is 1.81. The van der Waals surface area contributed by atoms with E-state index < -0.39 is 10.0 Å². The third-order valence-corrected chi connectivity index (χ3v) is 5.49. The van der Waals surface area contributed by atoms with Crippen LogP contribution in [0.15, 0.2) is 0 Å². The molecular weight excluding hydrogens is 202 g/mol. The molecule has 2 aliphatic rings. The smallest absolute Gasteiger partial charge is 0.216 e. The number of aliphatic hydroxyl groups excluding tert-OH is 1. The summed E-state index contributed by atoms with van der Waals surface area (Å²) in [6.45, 7) is 2.88. The lowest BCUT2D eigenvalue weighted by Crippen LogP contribution is -2.46. The molecule has 1 aliphatic heterocycles. The molecule has 1 saturated heterocycles. The van der Waals surface area contributed by atoms with Crippen molar-refractivity contribution >= 4 is 10.0 Å². The summed E-state index contributed by atoms with van der Waals surface area (Å²) in [6, 6.07) is 0. The highest BCUT2D eigenvalue weighted by Crippen LogP contribution is 2.33. The normalized spacial score (nSPS) is 35.9. The van der Waals surface area contributed by atoms with Crippen LogP contribution in [0.2, 0.25) is 0 Å². The molecule has 2 fully saturated rings. The zero-order valence-corrected chi connectivity index (χ0v) is 9.20. The molecule has 1 heterocycles. The van der Waals surface area contributed by atoms with Crippen LogP contribution in [0.3, 0.4) is 0 Å². The Labute approximate surface area is 85.0 Å². The number of piperidine rings is 1. The lowest BCUT2D eigenvalue weighted by Gasteiger charge is -2.33. The van der Waals surface area contributed by atoms with Crippen molar-refractivity contribution in [1.29, 1.82) is 0 Å². The quantitative estimate of drug-likeness (QED) is 0.721. The van der Waals surface area contributed by atoms with Gasteiger partial charge < -0.3 is 5.11 Å². The molecule has 1 aliphatic carbocycles. The molecule has 0 aromatic carbocycles. The van der Waals surface area contributed by atoms with Crippen molar-refractivity contribution in [3.8, 4) is 0 Å². The summed E-state index contributed by atoms with van der Waals surface area (Å²) in [6.07, 6.45) is 1.87. The van der Waals surface area contributed by atoms with E-state index in [-0.39, 0.29) is 17.3 Å². The maximum absolute atomic E-state index is 11.8. The average molecular weight is 219 g/mol. The summed E-state index contributed by atoms with van der Waals surface area (Å²) in [7, 11) is -3.02. The molecule has 0 amide bonds. The molecule has 2 unspecified atom stereocenters. The Morgan fingerprint density at radius 1 is 1.29 bits per heavy atom. The van der Waals surface area contributed by atoms with Crippen molar-refractivity contribution in [2.24, 2.45) is 5.92 Å². The average Bonchev–Trinajstić information content (AvgIpc) is 2.92. The van der Waals surface area contributed by atoms with Crippen molar-refractivity contribution in [1.82, 2.24) is 4.31 Å². The zero-order valence-electron chi connectivity index (χ0n) is 8.39. The predicted octanol–water partition coefficient (Wildman–Crippen LogP) is 0.181. The first-order valence-corrected chi connectivity index (χ1v) is 6.69. The molecular formula is C9H17NO3S. The Morgan fingerprint density at radius 3 is 2.43 bits per heavy atom. The molecule has 0 aromatic rings. The highest BCUT2D eigenvalue weighted by molar-refractivity contribution is 7.90. The van der Waals surface area contributed by atoms with Gasteiger partial charge in [0.05, 0.1) is 11.4 Å². The molecule has 0 spiro atoms. The topological polar surface area (TPSA) is 57.6 Å². The largest absolute Gasteiger partial charge is 0.393 e. The Balaban J connectivity index is 2.05. The highest BCUT2D eigenvalue weighted by atomic mass is 32.2. The number of hydrogen-bond acceptors (Lipinski definition) is 3. The van der Waals surface area contributed by atoms with Crippen LogP contribution in [-0.4, -0.2) is 42.3 Å². The van der Waals surface area contributed by atoms with Gasteiger partial charge in [-0.1, -0.05) is 6.92 Å². The van der Waals surface area contributed by atoms with Crippen LogP contribution in [0.1, 0.15) is 26.2 Å². The van der Waals surface area contributed by atoms with Crippen molar-refractivity contribution < 1.29 is 13.5 Å². The standard InChI is InChI=1S/C9H17NO3S/c1-7-6-10(5-4-9(7)11)14(12,13)8-2-3-8/h7-9,11H,2-6H2,1H3. The fraction of sp³-hybridized carbons (Fsp3) is 1.00. The van der Waals surface area contributed by atoms with Crippen LogP contribution in [0.25, 0.3) is 0 Å². The second-order valence-electron chi connectivity index (χ2n) is 4.44. The zero-order chi connectivity index (χ0) is 10.3. The first-order valence-electron chi connectivity index (χ1n) is 5.19. The molecule has 1 saturated carbocycles. The number of sulfonamides is 1. The Bertz CT molecular complexity index is 310. The minimum Gasteiger partial charge on any atom is -0.393 e. The SMILES string of the molecule is CC1CN(S(=O)(=O)C2CC2)CCC1O. The molecule has 2 atom stereocenters. The van der Waals surface area contributed by atoms with E-state index in [0.717, 1.165) is 12.8 Å². The molecule has 82 valence electrons. The van der Waals surface area contributed by atoms with E-state index in [1.165, 1.54) is 0 Å². The van der Waals surface area contributed by atoms with Gasteiger partial charge in [-0.05, 0) is 25.2 Å². The molecule has 1 N–H and O–H groups in total. The number of aliphatic hydroxyl groups is 1. The number of rotatable bonds is 2. The lowest BCUT2D eigenvalue weighted by molar-refractivity contribution is 0.0628. The third-order valence-electron chi connectivity index (χ3n) is 3.13. The maximum atomic E-state index is 11.8. The van der Waals surface area contributed by atoms with E-state index in [0.29, 0.717) is 19.5 Å². The first kappa shape index (κ1) is 10.4. The minimum absolute atomic E-state index is 0.0669. The molecule has 0 aromatic heterocycles. The fourth-order valence-corrected chi connectivity index (χ4v) is 3.86. The van der Waals surface area contributed by atoms with Crippen LogP contribution < -0.4 is 0 Å². The minimum atomic E-state index is -3.02. The van der Waals surface area contributed by atoms with Gasteiger partial charge in [-0.3, -0.25) is 0 Å². The van der Waals surface area contributed by atoms with E-state index in [9.17, 15) is 13.5 Å². The van der Waals surface area contributed by atoms with Gasteiger partial charge in [0.25, 0.3) is 0 Å². The van der Waals surface area contributed by atoms with Crippen LogP contribution in [-0.2, 0) is 10.0 Å². The summed E-state index contributed by atoms with van der Waals surface area (Å²) >= 11 is 0. The molecule has 4 nitrogen and oxygen atoms in total. The molecule has 2 rings (SSSR count). The van der Waals surface area contributed by atoms with Gasteiger partial charge in [-0.25, -0.2) is 12.7 Å². The summed E-state index contributed by atoms with van der Waals surface area (Å²) < 4.78 is 25.2. The molecule has 5 heteroatoms. The van der Waals surface area contributed by atoms with Crippen molar-refractivity contribution in [2.75, 3.05) is 13.1 Å². The number of nitrogens with zero attached hydrogens (tertiary/aromatic N) is 1. The van der Waals surface area contributed by atoms with Crippen LogP contribution in [0.4, 0.5) is 0 Å². The van der Waals surface area contributed by atoms with Gasteiger partial charge in [0.1, 0.15) is 0 Å². The second-order valence-corrected chi connectivity index (χ2v) is 6.65.